The standard InChI is InChI=1S/C21H14ClN3O3S/c1-11-3-2-4-14-18(11)24-15(9-23-14)20(26)25-16-10-29-19(17(16)21(27)28)12-5-7-13(22)8-6-12/h2-10H,1H3,(H,25,26)(H,27,28). The summed E-state index contributed by atoms with van der Waals surface area (Å²) >= 11 is 7.14. The predicted octanol–water partition coefficient (Wildman–Crippen LogP) is 5.27. The van der Waals surface area contributed by atoms with Crippen LogP contribution in [0.2, 0.25) is 5.02 Å². The molecule has 0 aliphatic carbocycles. The number of halogens is 1. The first kappa shape index (κ1) is 19.0. The van der Waals surface area contributed by atoms with Crippen molar-refractivity contribution in [1.29, 1.82) is 0 Å². The Morgan fingerprint density at radius 3 is 2.62 bits per heavy atom. The van der Waals surface area contributed by atoms with Gasteiger partial charge in [0.25, 0.3) is 5.91 Å². The normalized spacial score (nSPS) is 10.8. The zero-order valence-electron chi connectivity index (χ0n) is 15.1. The zero-order valence-corrected chi connectivity index (χ0v) is 16.7. The number of rotatable bonds is 4. The number of carboxylic acids is 1. The number of aromatic nitrogens is 2. The number of anilines is 1. The Bertz CT molecular complexity index is 1250. The van der Waals surface area contributed by atoms with E-state index in [9.17, 15) is 14.7 Å². The van der Waals surface area contributed by atoms with Crippen LogP contribution in [0.4, 0.5) is 5.69 Å². The van der Waals surface area contributed by atoms with E-state index in [-0.39, 0.29) is 16.9 Å². The minimum atomic E-state index is -1.13. The van der Waals surface area contributed by atoms with E-state index in [0.29, 0.717) is 26.5 Å². The molecule has 144 valence electrons. The van der Waals surface area contributed by atoms with Crippen molar-refractivity contribution in [2.45, 2.75) is 6.92 Å². The van der Waals surface area contributed by atoms with Crippen LogP contribution < -0.4 is 5.32 Å². The Labute approximate surface area is 174 Å². The third-order valence-electron chi connectivity index (χ3n) is 4.37. The van der Waals surface area contributed by atoms with Crippen molar-refractivity contribution in [3.05, 3.63) is 75.9 Å². The molecule has 0 bridgehead atoms. The lowest BCUT2D eigenvalue weighted by atomic mass is 10.1. The van der Waals surface area contributed by atoms with Gasteiger partial charge in [-0.15, -0.1) is 11.3 Å². The molecule has 0 saturated carbocycles. The molecule has 2 heterocycles. The summed E-state index contributed by atoms with van der Waals surface area (Å²) in [4.78, 5) is 33.8. The van der Waals surface area contributed by atoms with Gasteiger partial charge >= 0.3 is 5.97 Å². The largest absolute Gasteiger partial charge is 0.478 e. The highest BCUT2D eigenvalue weighted by molar-refractivity contribution is 7.14. The summed E-state index contributed by atoms with van der Waals surface area (Å²) in [6, 6.07) is 12.4. The number of carbonyl (C=O) groups is 2. The number of amides is 1. The average Bonchev–Trinajstić information content (AvgIpc) is 3.12. The van der Waals surface area contributed by atoms with Gasteiger partial charge in [-0.05, 0) is 36.2 Å². The third kappa shape index (κ3) is 3.70. The Balaban J connectivity index is 1.69. The molecule has 2 aromatic carbocycles. The molecule has 0 saturated heterocycles. The number of fused-ring (bicyclic) bond motifs is 1. The second kappa shape index (κ2) is 7.62. The number of carboxylic acid groups (broad SMARTS) is 1. The molecular formula is C21H14ClN3O3S. The number of hydrogen-bond acceptors (Lipinski definition) is 5. The molecule has 8 heteroatoms. The SMILES string of the molecule is Cc1cccc2ncc(C(=O)Nc3csc(-c4ccc(Cl)cc4)c3C(=O)O)nc12. The minimum absolute atomic E-state index is 0.0237. The lowest BCUT2D eigenvalue weighted by molar-refractivity contribution is 0.0699. The fourth-order valence-corrected chi connectivity index (χ4v) is 4.07. The maximum Gasteiger partial charge on any atom is 0.339 e. The Kier molecular flexibility index (Phi) is 5.00. The maximum atomic E-state index is 12.7. The second-order valence-corrected chi connectivity index (χ2v) is 7.63. The van der Waals surface area contributed by atoms with Gasteiger partial charge in [-0.1, -0.05) is 35.9 Å². The molecule has 0 atom stereocenters. The summed E-state index contributed by atoms with van der Waals surface area (Å²) in [5, 5.41) is 14.5. The van der Waals surface area contributed by atoms with Gasteiger partial charge < -0.3 is 10.4 Å². The van der Waals surface area contributed by atoms with Gasteiger partial charge in [-0.25, -0.2) is 9.78 Å². The van der Waals surface area contributed by atoms with Crippen molar-refractivity contribution in [3.63, 3.8) is 0 Å². The first-order valence-electron chi connectivity index (χ1n) is 8.58. The fourth-order valence-electron chi connectivity index (χ4n) is 2.94. The molecule has 6 nitrogen and oxygen atoms in total. The number of nitrogens with zero attached hydrogens (tertiary/aromatic N) is 2. The maximum absolute atomic E-state index is 12.7. The summed E-state index contributed by atoms with van der Waals surface area (Å²) in [6.45, 7) is 1.89. The molecule has 4 aromatic rings. The Morgan fingerprint density at radius 2 is 1.90 bits per heavy atom. The van der Waals surface area contributed by atoms with E-state index in [1.807, 2.05) is 25.1 Å². The number of aryl methyl sites for hydroxylation is 1. The topological polar surface area (TPSA) is 92.2 Å². The van der Waals surface area contributed by atoms with Gasteiger partial charge in [-0.3, -0.25) is 9.78 Å². The summed E-state index contributed by atoms with van der Waals surface area (Å²) in [5.41, 5.74) is 3.27. The highest BCUT2D eigenvalue weighted by Gasteiger charge is 2.22. The molecule has 0 fully saturated rings. The van der Waals surface area contributed by atoms with Crippen LogP contribution in [0.3, 0.4) is 0 Å². The van der Waals surface area contributed by atoms with E-state index < -0.39 is 11.9 Å². The number of carbonyl (C=O) groups excluding carboxylic acids is 1. The van der Waals surface area contributed by atoms with Gasteiger partial charge in [0.2, 0.25) is 0 Å². The first-order chi connectivity index (χ1) is 13.9. The van der Waals surface area contributed by atoms with Gasteiger partial charge in [0, 0.05) is 10.4 Å². The first-order valence-corrected chi connectivity index (χ1v) is 9.84. The van der Waals surface area contributed by atoms with E-state index in [2.05, 4.69) is 15.3 Å². The van der Waals surface area contributed by atoms with Crippen molar-refractivity contribution in [3.8, 4) is 10.4 Å². The second-order valence-electron chi connectivity index (χ2n) is 6.32. The number of benzene rings is 2. The van der Waals surface area contributed by atoms with Crippen molar-refractivity contribution in [1.82, 2.24) is 9.97 Å². The quantitative estimate of drug-likeness (QED) is 0.466. The predicted molar refractivity (Wildman–Crippen MR) is 114 cm³/mol. The van der Waals surface area contributed by atoms with Crippen LogP contribution in [0.25, 0.3) is 21.5 Å². The highest BCUT2D eigenvalue weighted by atomic mass is 35.5. The molecule has 1 amide bonds. The molecule has 0 aliphatic rings. The lowest BCUT2D eigenvalue weighted by Crippen LogP contribution is -2.16. The molecule has 0 spiro atoms. The molecule has 2 aromatic heterocycles. The molecule has 0 radical (unpaired) electrons. The van der Waals surface area contributed by atoms with Crippen molar-refractivity contribution in [2.24, 2.45) is 0 Å². The van der Waals surface area contributed by atoms with Crippen LogP contribution in [0, 0.1) is 6.92 Å². The summed E-state index contributed by atoms with van der Waals surface area (Å²) < 4.78 is 0. The smallest absolute Gasteiger partial charge is 0.339 e. The number of nitrogens with one attached hydrogen (secondary N) is 1. The Morgan fingerprint density at radius 1 is 1.14 bits per heavy atom. The molecule has 2 N–H and O–H groups in total. The van der Waals surface area contributed by atoms with Crippen LogP contribution in [0.15, 0.2) is 54.0 Å². The molecule has 0 unspecified atom stereocenters. The van der Waals surface area contributed by atoms with Gasteiger partial charge in [0.1, 0.15) is 11.3 Å². The number of hydrogen-bond donors (Lipinski definition) is 2. The lowest BCUT2D eigenvalue weighted by Gasteiger charge is -2.07. The van der Waals surface area contributed by atoms with Crippen molar-refractivity contribution in [2.75, 3.05) is 5.32 Å². The average molecular weight is 424 g/mol. The zero-order chi connectivity index (χ0) is 20.5. The molecule has 4 rings (SSSR count). The van der Waals surface area contributed by atoms with Crippen LogP contribution in [-0.2, 0) is 0 Å². The van der Waals surface area contributed by atoms with E-state index in [1.165, 1.54) is 17.5 Å². The summed E-state index contributed by atoms with van der Waals surface area (Å²) in [5.74, 6) is -1.66. The van der Waals surface area contributed by atoms with Gasteiger partial charge in [0.05, 0.1) is 27.8 Å². The van der Waals surface area contributed by atoms with Crippen LogP contribution in [-0.4, -0.2) is 27.0 Å². The van der Waals surface area contributed by atoms with Gasteiger partial charge in [0.15, 0.2) is 0 Å². The minimum Gasteiger partial charge on any atom is -0.478 e. The number of para-hydroxylation sites is 1. The van der Waals surface area contributed by atoms with E-state index in [4.69, 9.17) is 11.6 Å². The van der Waals surface area contributed by atoms with Crippen molar-refractivity contribution >= 4 is 51.5 Å². The highest BCUT2D eigenvalue weighted by Crippen LogP contribution is 2.36. The number of thiophene rings is 1. The fraction of sp³-hybridized carbons (Fsp3) is 0.0476. The monoisotopic (exact) mass is 423 g/mol. The van der Waals surface area contributed by atoms with Gasteiger partial charge in [-0.2, -0.15) is 0 Å². The van der Waals surface area contributed by atoms with Crippen LogP contribution in [0.5, 0.6) is 0 Å². The van der Waals surface area contributed by atoms with E-state index in [1.54, 1.807) is 29.6 Å². The Hall–Kier alpha value is -3.29. The molecule has 29 heavy (non-hydrogen) atoms. The molecule has 0 aliphatic heterocycles. The van der Waals surface area contributed by atoms with Crippen LogP contribution in [0.1, 0.15) is 26.4 Å². The van der Waals surface area contributed by atoms with Crippen LogP contribution >= 0.6 is 22.9 Å². The number of aromatic carboxylic acids is 1. The van der Waals surface area contributed by atoms with Crippen molar-refractivity contribution < 1.29 is 14.7 Å². The third-order valence-corrected chi connectivity index (χ3v) is 5.65. The summed E-state index contributed by atoms with van der Waals surface area (Å²) in [7, 11) is 0. The molecular weight excluding hydrogens is 410 g/mol. The summed E-state index contributed by atoms with van der Waals surface area (Å²) in [6.07, 6.45) is 1.38. The van der Waals surface area contributed by atoms with E-state index >= 15 is 0 Å². The van der Waals surface area contributed by atoms with E-state index in [0.717, 1.165) is 5.56 Å².